The predicted octanol–water partition coefficient (Wildman–Crippen LogP) is 3.12. The van der Waals surface area contributed by atoms with Crippen LogP contribution in [0.3, 0.4) is 0 Å². The van der Waals surface area contributed by atoms with E-state index >= 15 is 0 Å². The van der Waals surface area contributed by atoms with Crippen LogP contribution in [0.2, 0.25) is 0 Å². The van der Waals surface area contributed by atoms with Crippen molar-refractivity contribution in [2.45, 2.75) is 19.0 Å². The van der Waals surface area contributed by atoms with Crippen LogP contribution in [0, 0.1) is 5.92 Å². The van der Waals surface area contributed by atoms with Gasteiger partial charge in [0.1, 0.15) is 0 Å². The van der Waals surface area contributed by atoms with Gasteiger partial charge in [-0.3, -0.25) is 4.79 Å². The van der Waals surface area contributed by atoms with Crippen molar-refractivity contribution in [2.24, 2.45) is 5.92 Å². The smallest absolute Gasteiger partial charge is 0.416 e. The summed E-state index contributed by atoms with van der Waals surface area (Å²) in [6, 6.07) is 4.31. The summed E-state index contributed by atoms with van der Waals surface area (Å²) in [5, 5.41) is 2.61. The van der Waals surface area contributed by atoms with E-state index in [2.05, 4.69) is 10.1 Å². The van der Waals surface area contributed by atoms with E-state index in [1.54, 1.807) is 0 Å². The molecule has 1 fully saturated rings. The lowest BCUT2D eigenvalue weighted by Gasteiger charge is -2.30. The monoisotopic (exact) mass is 330 g/mol. The molecule has 1 aromatic rings. The summed E-state index contributed by atoms with van der Waals surface area (Å²) in [6.07, 6.45) is -3.85. The van der Waals surface area contributed by atoms with E-state index in [1.165, 1.54) is 24.1 Å². The summed E-state index contributed by atoms with van der Waals surface area (Å²) in [4.78, 5) is 25.0. The highest BCUT2D eigenvalue weighted by molar-refractivity contribution is 5.92. The van der Waals surface area contributed by atoms with Crippen LogP contribution < -0.4 is 5.32 Å². The van der Waals surface area contributed by atoms with Crippen LogP contribution in [-0.2, 0) is 15.7 Å². The number of alkyl halides is 3. The van der Waals surface area contributed by atoms with Gasteiger partial charge in [-0.2, -0.15) is 13.2 Å². The zero-order valence-corrected chi connectivity index (χ0v) is 12.5. The van der Waals surface area contributed by atoms with E-state index < -0.39 is 17.8 Å². The predicted molar refractivity (Wildman–Crippen MR) is 76.8 cm³/mol. The molecule has 1 aromatic carbocycles. The van der Waals surface area contributed by atoms with Crippen molar-refractivity contribution in [3.8, 4) is 0 Å². The molecule has 1 saturated heterocycles. The van der Waals surface area contributed by atoms with Gasteiger partial charge in [-0.25, -0.2) is 4.79 Å². The number of carbonyl (C=O) groups is 2. The van der Waals surface area contributed by atoms with E-state index in [0.29, 0.717) is 31.6 Å². The summed E-state index contributed by atoms with van der Waals surface area (Å²) < 4.78 is 42.0. The fourth-order valence-electron chi connectivity index (χ4n) is 2.44. The van der Waals surface area contributed by atoms with Crippen LogP contribution in [0.15, 0.2) is 24.3 Å². The number of likely N-dealkylation sites (tertiary alicyclic amines) is 1. The van der Waals surface area contributed by atoms with Gasteiger partial charge < -0.3 is 15.0 Å². The lowest BCUT2D eigenvalue weighted by Crippen LogP contribution is -2.41. The molecule has 0 saturated carbocycles. The molecule has 0 radical (unpaired) electrons. The fraction of sp³-hybridized carbons (Fsp3) is 0.467. The number of anilines is 1. The number of benzene rings is 1. The first kappa shape index (κ1) is 17.1. The number of nitrogens with one attached hydrogen (secondary N) is 1. The van der Waals surface area contributed by atoms with Gasteiger partial charge in [0, 0.05) is 24.7 Å². The fourth-order valence-corrected chi connectivity index (χ4v) is 2.44. The van der Waals surface area contributed by atoms with Gasteiger partial charge in [0.2, 0.25) is 5.91 Å². The van der Waals surface area contributed by atoms with Crippen LogP contribution in [-0.4, -0.2) is 37.1 Å². The van der Waals surface area contributed by atoms with Crippen molar-refractivity contribution < 1.29 is 27.5 Å². The zero-order chi connectivity index (χ0) is 17.0. The highest BCUT2D eigenvalue weighted by Gasteiger charge is 2.30. The number of piperidine rings is 1. The maximum Gasteiger partial charge on any atom is 0.416 e. The first-order chi connectivity index (χ1) is 10.8. The van der Waals surface area contributed by atoms with E-state index in [0.717, 1.165) is 12.1 Å². The number of hydrogen-bond donors (Lipinski definition) is 1. The number of hydrogen-bond acceptors (Lipinski definition) is 3. The normalized spacial score (nSPS) is 16.1. The number of halogens is 3. The lowest BCUT2D eigenvalue weighted by atomic mass is 9.96. The van der Waals surface area contributed by atoms with Gasteiger partial charge in [0.15, 0.2) is 0 Å². The second-order valence-corrected chi connectivity index (χ2v) is 5.30. The maximum absolute atomic E-state index is 12.5. The average molecular weight is 330 g/mol. The summed E-state index contributed by atoms with van der Waals surface area (Å²) in [5.74, 6) is -0.535. The molecule has 0 aliphatic carbocycles. The summed E-state index contributed by atoms with van der Waals surface area (Å²) >= 11 is 0. The van der Waals surface area contributed by atoms with Gasteiger partial charge in [-0.05, 0) is 37.1 Å². The third-order valence-corrected chi connectivity index (χ3v) is 3.78. The molecule has 5 nitrogen and oxygen atoms in total. The van der Waals surface area contributed by atoms with Gasteiger partial charge >= 0.3 is 12.3 Å². The minimum Gasteiger partial charge on any atom is -0.453 e. The van der Waals surface area contributed by atoms with Gasteiger partial charge in [0.05, 0.1) is 12.7 Å². The Bertz CT molecular complexity index is 564. The molecule has 126 valence electrons. The summed E-state index contributed by atoms with van der Waals surface area (Å²) in [7, 11) is 1.30. The van der Waals surface area contributed by atoms with Crippen LogP contribution in [0.25, 0.3) is 0 Å². The third-order valence-electron chi connectivity index (χ3n) is 3.78. The lowest BCUT2D eigenvalue weighted by molar-refractivity contribution is -0.137. The van der Waals surface area contributed by atoms with Crippen molar-refractivity contribution in [3.05, 3.63) is 29.8 Å². The minimum atomic E-state index is -4.40. The van der Waals surface area contributed by atoms with Crippen molar-refractivity contribution >= 4 is 17.7 Å². The number of ether oxygens (including phenoxy) is 1. The molecule has 8 heteroatoms. The van der Waals surface area contributed by atoms with Crippen molar-refractivity contribution in [1.82, 2.24) is 4.90 Å². The van der Waals surface area contributed by atoms with Crippen LogP contribution >= 0.6 is 0 Å². The van der Waals surface area contributed by atoms with Crippen molar-refractivity contribution in [1.29, 1.82) is 0 Å². The quantitative estimate of drug-likeness (QED) is 0.906. The second-order valence-electron chi connectivity index (χ2n) is 5.30. The van der Waals surface area contributed by atoms with Crippen LogP contribution in [0.4, 0.5) is 23.7 Å². The average Bonchev–Trinajstić information content (AvgIpc) is 2.54. The third kappa shape index (κ3) is 4.37. The maximum atomic E-state index is 12.5. The molecule has 23 heavy (non-hydrogen) atoms. The molecule has 0 bridgehead atoms. The largest absolute Gasteiger partial charge is 0.453 e. The topological polar surface area (TPSA) is 58.6 Å². The number of carbonyl (C=O) groups excluding carboxylic acids is 2. The molecule has 2 rings (SSSR count). The van der Waals surface area contributed by atoms with E-state index in [9.17, 15) is 22.8 Å². The number of methoxy groups -OCH3 is 1. The van der Waals surface area contributed by atoms with E-state index in [1.807, 2.05) is 0 Å². The molecule has 0 unspecified atom stereocenters. The molecule has 1 N–H and O–H groups in total. The number of nitrogens with zero attached hydrogens (tertiary/aromatic N) is 1. The van der Waals surface area contributed by atoms with Crippen LogP contribution in [0.1, 0.15) is 18.4 Å². The molecular formula is C15H17F3N2O3. The Morgan fingerprint density at radius 1 is 1.17 bits per heavy atom. The molecular weight excluding hydrogens is 313 g/mol. The van der Waals surface area contributed by atoms with Gasteiger partial charge in [-0.1, -0.05) is 0 Å². The van der Waals surface area contributed by atoms with Gasteiger partial charge in [0.25, 0.3) is 0 Å². The van der Waals surface area contributed by atoms with E-state index in [4.69, 9.17) is 0 Å². The van der Waals surface area contributed by atoms with E-state index in [-0.39, 0.29) is 11.8 Å². The van der Waals surface area contributed by atoms with Gasteiger partial charge in [-0.15, -0.1) is 0 Å². The zero-order valence-electron chi connectivity index (χ0n) is 12.5. The highest BCUT2D eigenvalue weighted by Crippen LogP contribution is 2.30. The number of rotatable bonds is 2. The molecule has 1 heterocycles. The number of amides is 2. The second kappa shape index (κ2) is 6.89. The Hall–Kier alpha value is -2.25. The van der Waals surface area contributed by atoms with Crippen molar-refractivity contribution in [2.75, 3.05) is 25.5 Å². The Balaban J connectivity index is 1.89. The molecule has 0 aromatic heterocycles. The highest BCUT2D eigenvalue weighted by atomic mass is 19.4. The Kier molecular flexibility index (Phi) is 5.12. The first-order valence-corrected chi connectivity index (χ1v) is 7.12. The Labute approximate surface area is 131 Å². The van der Waals surface area contributed by atoms with Crippen LogP contribution in [0.5, 0.6) is 0 Å². The Morgan fingerprint density at radius 2 is 1.74 bits per heavy atom. The molecule has 0 spiro atoms. The summed E-state index contributed by atoms with van der Waals surface area (Å²) in [5.41, 5.74) is -0.444. The molecule has 2 amide bonds. The molecule has 0 atom stereocenters. The van der Waals surface area contributed by atoms with Crippen molar-refractivity contribution in [3.63, 3.8) is 0 Å². The molecule has 1 aliphatic rings. The Morgan fingerprint density at radius 3 is 2.22 bits per heavy atom. The molecule has 1 aliphatic heterocycles. The summed E-state index contributed by atoms with van der Waals surface area (Å²) in [6.45, 7) is 0.829. The standard InChI is InChI=1S/C15H17F3N2O3/c1-23-14(22)20-8-6-10(7-9-20)13(21)19-12-4-2-11(3-5-12)15(16,17)18/h2-5,10H,6-9H2,1H3,(H,19,21). The SMILES string of the molecule is COC(=O)N1CCC(C(=O)Nc2ccc(C(F)(F)F)cc2)CC1. The first-order valence-electron chi connectivity index (χ1n) is 7.12. The minimum absolute atomic E-state index is 0.255.